The molecule has 3 N–H and O–H groups in total. The van der Waals surface area contributed by atoms with Crippen LogP contribution < -0.4 is 10.7 Å². The van der Waals surface area contributed by atoms with Crippen molar-refractivity contribution in [3.8, 4) is 0 Å². The molecule has 6 heteroatoms. The molecule has 2 saturated carbocycles. The first-order valence-corrected chi connectivity index (χ1v) is 13.5. The standard InChI is InChI=1S/C30H36FN3O2/c1-2-28-18-30(21-10-11-21)22(16-26(28)34(33-19-28)24-8-5-7-23(31)17-24)13-15-29(30,36)14-12-20-6-3-4-9-25(20)27(32)35/h3,5-8,16-17,19,21,26,36H,2,4,9-15,18H2,1H3,(H2,32,35). The van der Waals surface area contributed by atoms with Crippen molar-refractivity contribution in [2.75, 3.05) is 5.01 Å². The van der Waals surface area contributed by atoms with Crippen molar-refractivity contribution < 1.29 is 14.3 Å². The van der Waals surface area contributed by atoms with Gasteiger partial charge in [-0.3, -0.25) is 9.80 Å². The van der Waals surface area contributed by atoms with Gasteiger partial charge in [-0.2, -0.15) is 5.10 Å². The number of hydrogen-bond acceptors (Lipinski definition) is 4. The molecule has 1 aromatic rings. The fraction of sp³-hybridized carbons (Fsp3) is 0.533. The number of primary amides is 1. The summed E-state index contributed by atoms with van der Waals surface area (Å²) >= 11 is 0. The number of amides is 1. The van der Waals surface area contributed by atoms with Crippen molar-refractivity contribution in [2.45, 2.75) is 82.8 Å². The van der Waals surface area contributed by atoms with Gasteiger partial charge >= 0.3 is 0 Å². The molecule has 4 unspecified atom stereocenters. The number of nitrogens with two attached hydrogens (primary N) is 1. The van der Waals surface area contributed by atoms with E-state index in [1.165, 1.54) is 11.6 Å². The van der Waals surface area contributed by atoms with E-state index in [0.717, 1.165) is 61.8 Å². The molecule has 1 aliphatic heterocycles. The maximum atomic E-state index is 14.1. The van der Waals surface area contributed by atoms with E-state index in [1.807, 2.05) is 17.2 Å². The SMILES string of the molecule is CCC12C=NN(c3cccc(F)c3)C1C=C1CCC(O)(CCC3=C(C(N)=O)CCC=C3)C1(C1CC1)C2. The molecule has 4 aliphatic carbocycles. The number of aliphatic hydroxyl groups is 1. The Morgan fingerprint density at radius 3 is 2.86 bits per heavy atom. The largest absolute Gasteiger partial charge is 0.389 e. The van der Waals surface area contributed by atoms with E-state index >= 15 is 0 Å². The van der Waals surface area contributed by atoms with Gasteiger partial charge in [0.2, 0.25) is 5.91 Å². The number of hydrogen-bond donors (Lipinski definition) is 2. The van der Waals surface area contributed by atoms with Crippen LogP contribution in [0.5, 0.6) is 0 Å². The molecule has 0 spiro atoms. The van der Waals surface area contributed by atoms with Gasteiger partial charge in [-0.25, -0.2) is 4.39 Å². The highest BCUT2D eigenvalue weighted by Crippen LogP contribution is 2.70. The predicted octanol–water partition coefficient (Wildman–Crippen LogP) is 5.56. The topological polar surface area (TPSA) is 78.9 Å². The molecule has 2 fully saturated rings. The van der Waals surface area contributed by atoms with Gasteiger partial charge in [0.05, 0.1) is 17.3 Å². The van der Waals surface area contributed by atoms with E-state index < -0.39 is 5.60 Å². The van der Waals surface area contributed by atoms with E-state index in [4.69, 9.17) is 10.8 Å². The van der Waals surface area contributed by atoms with Crippen LogP contribution in [0.3, 0.4) is 0 Å². The van der Waals surface area contributed by atoms with Gasteiger partial charge in [-0.15, -0.1) is 0 Å². The molecular weight excluding hydrogens is 453 g/mol. The summed E-state index contributed by atoms with van der Waals surface area (Å²) in [6, 6.07) is 6.70. The number of hydrazone groups is 1. The second-order valence-electron chi connectivity index (χ2n) is 11.6. The van der Waals surface area contributed by atoms with Crippen molar-refractivity contribution in [1.82, 2.24) is 0 Å². The fourth-order valence-corrected chi connectivity index (χ4v) is 7.82. The van der Waals surface area contributed by atoms with Crippen LogP contribution in [0.4, 0.5) is 10.1 Å². The summed E-state index contributed by atoms with van der Waals surface area (Å²) in [5.41, 5.74) is 8.22. The first-order valence-electron chi connectivity index (χ1n) is 13.5. The summed E-state index contributed by atoms with van der Waals surface area (Å²) in [5.74, 6) is -0.122. The Morgan fingerprint density at radius 1 is 1.31 bits per heavy atom. The van der Waals surface area contributed by atoms with Gasteiger partial charge < -0.3 is 10.8 Å². The minimum absolute atomic E-state index is 0.0268. The zero-order valence-corrected chi connectivity index (χ0v) is 21.0. The van der Waals surface area contributed by atoms with Crippen LogP contribution >= 0.6 is 0 Å². The zero-order chi connectivity index (χ0) is 25.1. The average Bonchev–Trinajstić information content (AvgIpc) is 3.61. The smallest absolute Gasteiger partial charge is 0.244 e. The van der Waals surface area contributed by atoms with Gasteiger partial charge in [0.1, 0.15) is 5.82 Å². The summed E-state index contributed by atoms with van der Waals surface area (Å²) in [5, 5.41) is 19.2. The van der Waals surface area contributed by atoms with Crippen LogP contribution in [0.2, 0.25) is 0 Å². The average molecular weight is 490 g/mol. The minimum Gasteiger partial charge on any atom is -0.389 e. The summed E-state index contributed by atoms with van der Waals surface area (Å²) in [7, 11) is 0. The first kappa shape index (κ1) is 23.7. The van der Waals surface area contributed by atoms with Gasteiger partial charge in [0.25, 0.3) is 0 Å². The lowest BCUT2D eigenvalue weighted by atomic mass is 9.53. The third-order valence-corrected chi connectivity index (χ3v) is 9.85. The Hall–Kier alpha value is -2.73. The maximum Gasteiger partial charge on any atom is 0.244 e. The summed E-state index contributed by atoms with van der Waals surface area (Å²) in [6.45, 7) is 2.21. The molecule has 0 aromatic heterocycles. The van der Waals surface area contributed by atoms with Crippen molar-refractivity contribution in [3.63, 3.8) is 0 Å². The van der Waals surface area contributed by atoms with Gasteiger partial charge in [-0.1, -0.05) is 36.8 Å². The Balaban J connectivity index is 1.36. The quantitative estimate of drug-likeness (QED) is 0.492. The van der Waals surface area contributed by atoms with Gasteiger partial charge in [0, 0.05) is 22.6 Å². The lowest BCUT2D eigenvalue weighted by Crippen LogP contribution is -2.55. The molecule has 0 bridgehead atoms. The second kappa shape index (κ2) is 8.41. The third kappa shape index (κ3) is 3.44. The van der Waals surface area contributed by atoms with E-state index in [0.29, 0.717) is 25.2 Å². The van der Waals surface area contributed by atoms with Crippen LogP contribution in [-0.4, -0.2) is 28.9 Å². The molecule has 190 valence electrons. The van der Waals surface area contributed by atoms with Crippen LogP contribution in [0, 0.1) is 22.6 Å². The highest BCUT2D eigenvalue weighted by molar-refractivity contribution is 5.93. The number of anilines is 1. The minimum atomic E-state index is -0.825. The molecule has 4 atom stereocenters. The molecular formula is C30H36FN3O2. The Labute approximate surface area is 212 Å². The van der Waals surface area contributed by atoms with E-state index in [-0.39, 0.29) is 28.6 Å². The Morgan fingerprint density at radius 2 is 2.14 bits per heavy atom. The first-order chi connectivity index (χ1) is 17.3. The molecule has 1 amide bonds. The van der Waals surface area contributed by atoms with Crippen molar-refractivity contribution in [3.05, 3.63) is 65.0 Å². The molecule has 0 radical (unpaired) electrons. The summed E-state index contributed by atoms with van der Waals surface area (Å²) in [6.07, 6.45) is 17.1. The van der Waals surface area contributed by atoms with Crippen LogP contribution in [-0.2, 0) is 4.79 Å². The second-order valence-corrected chi connectivity index (χ2v) is 11.6. The fourth-order valence-electron chi connectivity index (χ4n) is 7.82. The van der Waals surface area contributed by atoms with Crippen molar-refractivity contribution in [2.24, 2.45) is 27.6 Å². The lowest BCUT2D eigenvalue weighted by Gasteiger charge is -2.53. The van der Waals surface area contributed by atoms with Crippen molar-refractivity contribution in [1.29, 1.82) is 0 Å². The number of benzene rings is 1. The van der Waals surface area contributed by atoms with Gasteiger partial charge in [-0.05, 0) is 93.9 Å². The van der Waals surface area contributed by atoms with E-state index in [9.17, 15) is 14.3 Å². The van der Waals surface area contributed by atoms with Crippen molar-refractivity contribution >= 4 is 17.8 Å². The highest BCUT2D eigenvalue weighted by Gasteiger charge is 2.68. The number of fused-ring (bicyclic) bond motifs is 2. The Bertz CT molecular complexity index is 1210. The van der Waals surface area contributed by atoms with Gasteiger partial charge in [0.15, 0.2) is 0 Å². The molecule has 1 heterocycles. The third-order valence-electron chi connectivity index (χ3n) is 9.85. The van der Waals surface area contributed by atoms with Crippen LogP contribution in [0.15, 0.2) is 64.3 Å². The number of carbonyl (C=O) groups is 1. The maximum absolute atomic E-state index is 14.1. The molecule has 36 heavy (non-hydrogen) atoms. The number of rotatable bonds is 7. The zero-order valence-electron chi connectivity index (χ0n) is 21.0. The summed E-state index contributed by atoms with van der Waals surface area (Å²) < 4.78 is 14.1. The lowest BCUT2D eigenvalue weighted by molar-refractivity contribution is -0.114. The van der Waals surface area contributed by atoms with Crippen LogP contribution in [0.1, 0.15) is 71.1 Å². The number of allylic oxidation sites excluding steroid dienone is 3. The van der Waals surface area contributed by atoms with Crippen LogP contribution in [0.25, 0.3) is 0 Å². The summed E-state index contributed by atoms with van der Waals surface area (Å²) in [4.78, 5) is 12.0. The number of carbonyl (C=O) groups excluding carboxylic acids is 1. The number of nitrogens with zero attached hydrogens (tertiary/aromatic N) is 2. The highest BCUT2D eigenvalue weighted by atomic mass is 19.1. The molecule has 5 nitrogen and oxygen atoms in total. The Kier molecular flexibility index (Phi) is 5.52. The molecule has 5 aliphatic rings. The monoisotopic (exact) mass is 489 g/mol. The predicted molar refractivity (Wildman–Crippen MR) is 140 cm³/mol. The molecule has 6 rings (SSSR count). The number of halogens is 1. The molecule has 0 saturated heterocycles. The molecule has 1 aromatic carbocycles. The van der Waals surface area contributed by atoms with E-state index in [1.54, 1.807) is 12.1 Å². The normalized spacial score (nSPS) is 35.1. The van der Waals surface area contributed by atoms with E-state index in [2.05, 4.69) is 25.3 Å².